The van der Waals surface area contributed by atoms with Crippen LogP contribution in [0.3, 0.4) is 0 Å². The molecule has 7 heteroatoms. The van der Waals surface area contributed by atoms with Gasteiger partial charge < -0.3 is 14.4 Å². The maximum atomic E-state index is 13.5. The zero-order valence-electron chi connectivity index (χ0n) is 19.4. The van der Waals surface area contributed by atoms with Crippen molar-refractivity contribution in [1.82, 2.24) is 9.80 Å². The Morgan fingerprint density at radius 1 is 1.00 bits per heavy atom. The molecule has 2 aliphatic heterocycles. The first-order chi connectivity index (χ1) is 16.0. The van der Waals surface area contributed by atoms with E-state index in [9.17, 15) is 14.4 Å². The van der Waals surface area contributed by atoms with Crippen molar-refractivity contribution in [1.29, 1.82) is 0 Å². The van der Waals surface area contributed by atoms with Crippen molar-refractivity contribution in [3.8, 4) is 11.5 Å². The van der Waals surface area contributed by atoms with Gasteiger partial charge in [0.25, 0.3) is 11.8 Å². The molecule has 0 aliphatic carbocycles. The minimum atomic E-state index is -0.834. The normalized spacial score (nSPS) is 18.8. The number of fused-ring (bicyclic) bond motifs is 1. The smallest absolute Gasteiger partial charge is 0.262 e. The first-order valence-corrected chi connectivity index (χ1v) is 11.4. The van der Waals surface area contributed by atoms with Gasteiger partial charge in [-0.3, -0.25) is 19.3 Å². The third-order valence-electron chi connectivity index (χ3n) is 6.69. The van der Waals surface area contributed by atoms with Crippen molar-refractivity contribution in [3.63, 3.8) is 0 Å². The number of imide groups is 1. The van der Waals surface area contributed by atoms with E-state index < -0.39 is 17.9 Å². The number of carbonyl (C=O) groups is 3. The summed E-state index contributed by atoms with van der Waals surface area (Å²) < 4.78 is 10.7. The van der Waals surface area contributed by atoms with E-state index in [0.717, 1.165) is 42.6 Å². The first-order valence-electron chi connectivity index (χ1n) is 11.4. The van der Waals surface area contributed by atoms with Crippen molar-refractivity contribution >= 4 is 17.7 Å². The number of ether oxygens (including phenoxy) is 2. The Bertz CT molecular complexity index is 1030. The number of rotatable bonds is 7. The highest BCUT2D eigenvalue weighted by Gasteiger charge is 2.42. The standard InChI is InChI=1S/C26H30N2O5/c1-17(28-25(30)20-9-4-5-10-21(20)26(28)31)24(29)27-15-7-6-8-19(27)13-11-18-12-14-22(32-2)23(16-18)33-3/h4-5,9-10,12,14,16-17,19H,6-8,11,13,15H2,1-3H3. The number of hydrogen-bond donors (Lipinski definition) is 0. The molecule has 7 nitrogen and oxygen atoms in total. The molecule has 33 heavy (non-hydrogen) atoms. The fourth-order valence-corrected chi connectivity index (χ4v) is 4.87. The van der Waals surface area contributed by atoms with E-state index in [2.05, 4.69) is 0 Å². The minimum Gasteiger partial charge on any atom is -0.493 e. The molecular weight excluding hydrogens is 420 g/mol. The van der Waals surface area contributed by atoms with Crippen LogP contribution in [0.1, 0.15) is 58.9 Å². The molecule has 1 fully saturated rings. The maximum Gasteiger partial charge on any atom is 0.262 e. The molecule has 2 aliphatic rings. The van der Waals surface area contributed by atoms with Crippen LogP contribution < -0.4 is 9.47 Å². The Morgan fingerprint density at radius 3 is 2.30 bits per heavy atom. The highest BCUT2D eigenvalue weighted by molar-refractivity contribution is 6.22. The molecule has 0 aromatic heterocycles. The molecule has 0 radical (unpaired) electrons. The summed E-state index contributed by atoms with van der Waals surface area (Å²) in [7, 11) is 3.22. The minimum absolute atomic E-state index is 0.0666. The highest BCUT2D eigenvalue weighted by atomic mass is 16.5. The second-order valence-corrected chi connectivity index (χ2v) is 8.61. The van der Waals surface area contributed by atoms with Gasteiger partial charge in [-0.25, -0.2) is 0 Å². The molecule has 2 unspecified atom stereocenters. The number of piperidine rings is 1. The second kappa shape index (κ2) is 9.65. The van der Waals surface area contributed by atoms with Crippen LogP contribution in [0.4, 0.5) is 0 Å². The van der Waals surface area contributed by atoms with Gasteiger partial charge in [0, 0.05) is 12.6 Å². The number of hydrogen-bond acceptors (Lipinski definition) is 5. The van der Waals surface area contributed by atoms with Gasteiger partial charge in [0.1, 0.15) is 6.04 Å². The largest absolute Gasteiger partial charge is 0.493 e. The summed E-state index contributed by atoms with van der Waals surface area (Å²) in [5.41, 5.74) is 1.84. The number of carbonyl (C=O) groups excluding carboxylic acids is 3. The number of amides is 3. The Labute approximate surface area is 194 Å². The molecule has 4 rings (SSSR count). The van der Waals surface area contributed by atoms with E-state index in [1.165, 1.54) is 0 Å². The lowest BCUT2D eigenvalue weighted by Crippen LogP contribution is -2.53. The fraction of sp³-hybridized carbons (Fsp3) is 0.423. The average Bonchev–Trinajstić information content (AvgIpc) is 3.11. The van der Waals surface area contributed by atoms with Crippen LogP contribution in [0.25, 0.3) is 0 Å². The van der Waals surface area contributed by atoms with Crippen LogP contribution in [-0.4, -0.2) is 60.4 Å². The first kappa shape index (κ1) is 22.8. The van der Waals surface area contributed by atoms with Gasteiger partial charge in [-0.1, -0.05) is 18.2 Å². The maximum absolute atomic E-state index is 13.5. The SMILES string of the molecule is COc1ccc(CCC2CCCCN2C(=O)C(C)N2C(=O)c3ccccc3C2=O)cc1OC. The Balaban J connectivity index is 1.46. The third-order valence-corrected chi connectivity index (χ3v) is 6.69. The lowest BCUT2D eigenvalue weighted by Gasteiger charge is -2.38. The lowest BCUT2D eigenvalue weighted by molar-refractivity contribution is -0.138. The molecule has 2 atom stereocenters. The number of likely N-dealkylation sites (tertiary alicyclic amines) is 1. The Kier molecular flexibility index (Phi) is 6.67. The molecule has 2 heterocycles. The summed E-state index contributed by atoms with van der Waals surface area (Å²) in [4.78, 5) is 42.2. The molecule has 1 saturated heterocycles. The Morgan fingerprint density at radius 2 is 1.67 bits per heavy atom. The van der Waals surface area contributed by atoms with Crippen LogP contribution in [0.15, 0.2) is 42.5 Å². The van der Waals surface area contributed by atoms with E-state index in [-0.39, 0.29) is 11.9 Å². The number of benzene rings is 2. The Hall–Kier alpha value is -3.35. The van der Waals surface area contributed by atoms with E-state index in [1.807, 2.05) is 23.1 Å². The molecular formula is C26H30N2O5. The molecule has 0 bridgehead atoms. The summed E-state index contributed by atoms with van der Waals surface area (Å²) in [6, 6.07) is 11.8. The summed E-state index contributed by atoms with van der Waals surface area (Å²) in [6.07, 6.45) is 4.48. The number of methoxy groups -OCH3 is 2. The predicted octanol–water partition coefficient (Wildman–Crippen LogP) is 3.70. The van der Waals surface area contributed by atoms with Gasteiger partial charge in [-0.05, 0) is 68.9 Å². The monoisotopic (exact) mass is 450 g/mol. The predicted molar refractivity (Wildman–Crippen MR) is 124 cm³/mol. The number of aryl methyl sites for hydroxylation is 1. The van der Waals surface area contributed by atoms with Crippen LogP contribution in [0, 0.1) is 0 Å². The van der Waals surface area contributed by atoms with Crippen LogP contribution in [-0.2, 0) is 11.2 Å². The third kappa shape index (κ3) is 4.32. The summed E-state index contributed by atoms with van der Waals surface area (Å²) in [5, 5.41) is 0. The molecule has 0 saturated carbocycles. The fourth-order valence-electron chi connectivity index (χ4n) is 4.87. The van der Waals surface area contributed by atoms with E-state index >= 15 is 0 Å². The number of nitrogens with zero attached hydrogens (tertiary/aromatic N) is 2. The van der Waals surface area contributed by atoms with Crippen molar-refractivity contribution in [2.45, 2.75) is 51.1 Å². The quantitative estimate of drug-likeness (QED) is 0.601. The summed E-state index contributed by atoms with van der Waals surface area (Å²) >= 11 is 0. The molecule has 174 valence electrons. The van der Waals surface area contributed by atoms with Crippen molar-refractivity contribution < 1.29 is 23.9 Å². The molecule has 2 aromatic rings. The van der Waals surface area contributed by atoms with Crippen LogP contribution in [0.2, 0.25) is 0 Å². The molecule has 0 spiro atoms. The van der Waals surface area contributed by atoms with Crippen LogP contribution >= 0.6 is 0 Å². The van der Waals surface area contributed by atoms with Crippen molar-refractivity contribution in [3.05, 3.63) is 59.2 Å². The lowest BCUT2D eigenvalue weighted by atomic mass is 9.95. The van der Waals surface area contributed by atoms with Crippen LogP contribution in [0.5, 0.6) is 11.5 Å². The van der Waals surface area contributed by atoms with E-state index in [0.29, 0.717) is 29.2 Å². The van der Waals surface area contributed by atoms with E-state index in [4.69, 9.17) is 9.47 Å². The molecule has 2 aromatic carbocycles. The van der Waals surface area contributed by atoms with E-state index in [1.54, 1.807) is 45.4 Å². The zero-order valence-corrected chi connectivity index (χ0v) is 19.4. The topological polar surface area (TPSA) is 76.2 Å². The molecule has 3 amide bonds. The summed E-state index contributed by atoms with van der Waals surface area (Å²) in [5.74, 6) is 0.420. The van der Waals surface area contributed by atoms with Crippen molar-refractivity contribution in [2.24, 2.45) is 0 Å². The zero-order chi connectivity index (χ0) is 23.5. The van der Waals surface area contributed by atoms with Gasteiger partial charge in [-0.2, -0.15) is 0 Å². The second-order valence-electron chi connectivity index (χ2n) is 8.61. The van der Waals surface area contributed by atoms with Crippen molar-refractivity contribution in [2.75, 3.05) is 20.8 Å². The van der Waals surface area contributed by atoms with Gasteiger partial charge in [0.15, 0.2) is 11.5 Å². The van der Waals surface area contributed by atoms with Gasteiger partial charge >= 0.3 is 0 Å². The summed E-state index contributed by atoms with van der Waals surface area (Å²) in [6.45, 7) is 2.30. The average molecular weight is 451 g/mol. The van der Waals surface area contributed by atoms with Gasteiger partial charge in [0.05, 0.1) is 25.3 Å². The highest BCUT2D eigenvalue weighted by Crippen LogP contribution is 2.30. The van der Waals surface area contributed by atoms with Gasteiger partial charge in [0.2, 0.25) is 5.91 Å². The molecule has 0 N–H and O–H groups in total. The van der Waals surface area contributed by atoms with Gasteiger partial charge in [-0.15, -0.1) is 0 Å².